The lowest BCUT2D eigenvalue weighted by Crippen LogP contribution is -2.26. The van der Waals surface area contributed by atoms with Crippen molar-refractivity contribution in [1.82, 2.24) is 5.32 Å². The van der Waals surface area contributed by atoms with Gasteiger partial charge in [0.2, 0.25) is 0 Å². The smallest absolute Gasteiger partial charge is 0.407 e. The summed E-state index contributed by atoms with van der Waals surface area (Å²) >= 11 is 0. The normalized spacial score (nSPS) is 12.7. The molecular weight excluding hydrogens is 382 g/mol. The monoisotopic (exact) mass is 411 g/mol. The van der Waals surface area contributed by atoms with Gasteiger partial charge in [0.15, 0.2) is 0 Å². The Kier molecular flexibility index (Phi) is 6.51. The number of rotatable bonds is 7. The number of carbonyl (C=O) groups is 1. The van der Waals surface area contributed by atoms with Crippen molar-refractivity contribution in [3.8, 4) is 11.1 Å². The zero-order valence-corrected chi connectivity index (χ0v) is 18.2. The average Bonchev–Trinajstić information content (AvgIpc) is 3.11. The summed E-state index contributed by atoms with van der Waals surface area (Å²) in [5.74, 6) is 0.606. The first-order valence-corrected chi connectivity index (χ1v) is 11.0. The predicted octanol–water partition coefficient (Wildman–Crippen LogP) is 6.75. The van der Waals surface area contributed by atoms with Crippen LogP contribution in [0.4, 0.5) is 4.79 Å². The minimum atomic E-state index is -0.364. The first-order valence-electron chi connectivity index (χ1n) is 11.0. The number of carbonyl (C=O) groups excluding carboxylic acids is 1. The fourth-order valence-corrected chi connectivity index (χ4v) is 4.15. The molecule has 1 aliphatic carbocycles. The van der Waals surface area contributed by atoms with Gasteiger partial charge in [0, 0.05) is 12.5 Å². The van der Waals surface area contributed by atoms with Crippen LogP contribution in [0.3, 0.4) is 0 Å². The third-order valence-electron chi connectivity index (χ3n) is 5.81. The molecule has 0 radical (unpaired) electrons. The van der Waals surface area contributed by atoms with Crippen LogP contribution in [0.1, 0.15) is 54.4 Å². The first kappa shape index (κ1) is 20.9. The van der Waals surface area contributed by atoms with Crippen molar-refractivity contribution < 1.29 is 9.53 Å². The zero-order valence-electron chi connectivity index (χ0n) is 18.2. The average molecular weight is 412 g/mol. The SMILES string of the molecule is CC(C)c1cccc(C=CCCNC(=O)OCC2c3ccccc3-c3ccccc32)c1. The van der Waals surface area contributed by atoms with Gasteiger partial charge < -0.3 is 10.1 Å². The molecule has 0 saturated heterocycles. The lowest BCUT2D eigenvalue weighted by molar-refractivity contribution is 0.143. The Balaban J connectivity index is 1.26. The summed E-state index contributed by atoms with van der Waals surface area (Å²) in [7, 11) is 0. The first-order chi connectivity index (χ1) is 15.1. The zero-order chi connectivity index (χ0) is 21.6. The summed E-state index contributed by atoms with van der Waals surface area (Å²) in [4.78, 5) is 12.2. The molecule has 3 aromatic rings. The number of amides is 1. The quantitative estimate of drug-likeness (QED) is 0.437. The molecule has 3 heteroatoms. The van der Waals surface area contributed by atoms with E-state index in [1.165, 1.54) is 33.4 Å². The second kappa shape index (κ2) is 9.65. The topological polar surface area (TPSA) is 38.3 Å². The molecule has 1 amide bonds. The number of hydrogen-bond acceptors (Lipinski definition) is 2. The van der Waals surface area contributed by atoms with E-state index in [0.29, 0.717) is 19.1 Å². The number of hydrogen-bond donors (Lipinski definition) is 1. The molecule has 0 bridgehead atoms. The van der Waals surface area contributed by atoms with Crippen LogP contribution in [0, 0.1) is 0 Å². The van der Waals surface area contributed by atoms with Crippen LogP contribution >= 0.6 is 0 Å². The minimum Gasteiger partial charge on any atom is -0.449 e. The van der Waals surface area contributed by atoms with Crippen molar-refractivity contribution in [3.05, 3.63) is 101 Å². The van der Waals surface area contributed by atoms with Crippen LogP contribution in [0.25, 0.3) is 17.2 Å². The Morgan fingerprint density at radius 3 is 2.32 bits per heavy atom. The summed E-state index contributed by atoms with van der Waals surface area (Å²) in [5.41, 5.74) is 7.44. The van der Waals surface area contributed by atoms with Crippen LogP contribution in [0.15, 0.2) is 78.9 Å². The standard InChI is InChI=1S/C28H29NO2/c1-20(2)22-12-9-11-21(18-22)10-7-8-17-29-28(30)31-19-27-25-15-5-3-13-23(25)24-14-4-6-16-26(24)27/h3-7,9-16,18,20,27H,8,17,19H2,1-2H3,(H,29,30). The van der Waals surface area contributed by atoms with Gasteiger partial charge in [-0.2, -0.15) is 0 Å². The predicted molar refractivity (Wildman–Crippen MR) is 127 cm³/mol. The molecule has 31 heavy (non-hydrogen) atoms. The molecule has 0 fully saturated rings. The van der Waals surface area contributed by atoms with E-state index in [1.807, 2.05) is 12.1 Å². The number of benzene rings is 3. The highest BCUT2D eigenvalue weighted by atomic mass is 16.5. The van der Waals surface area contributed by atoms with Gasteiger partial charge in [0.05, 0.1) is 0 Å². The van der Waals surface area contributed by atoms with Crippen molar-refractivity contribution >= 4 is 12.2 Å². The Morgan fingerprint density at radius 1 is 0.968 bits per heavy atom. The maximum Gasteiger partial charge on any atom is 0.407 e. The van der Waals surface area contributed by atoms with Crippen molar-refractivity contribution in [3.63, 3.8) is 0 Å². The lowest BCUT2D eigenvalue weighted by atomic mass is 9.98. The van der Waals surface area contributed by atoms with Crippen molar-refractivity contribution in [2.24, 2.45) is 0 Å². The minimum absolute atomic E-state index is 0.0891. The van der Waals surface area contributed by atoms with Crippen LogP contribution in [-0.4, -0.2) is 19.2 Å². The second-order valence-corrected chi connectivity index (χ2v) is 8.27. The summed E-state index contributed by atoms with van der Waals surface area (Å²) < 4.78 is 5.57. The van der Waals surface area contributed by atoms with Gasteiger partial charge in [-0.3, -0.25) is 0 Å². The van der Waals surface area contributed by atoms with E-state index >= 15 is 0 Å². The van der Waals surface area contributed by atoms with Crippen molar-refractivity contribution in [2.75, 3.05) is 13.2 Å². The molecule has 0 aromatic heterocycles. The summed E-state index contributed by atoms with van der Waals surface area (Å²) in [6.07, 6.45) is 4.59. The molecular formula is C28H29NO2. The molecule has 0 heterocycles. The number of ether oxygens (including phenoxy) is 1. The Labute approximate surface area is 184 Å². The molecule has 1 N–H and O–H groups in total. The molecule has 1 aliphatic rings. The number of alkyl carbamates (subject to hydrolysis) is 1. The molecule has 3 aromatic carbocycles. The highest BCUT2D eigenvalue weighted by molar-refractivity contribution is 5.79. The number of fused-ring (bicyclic) bond motifs is 3. The molecule has 0 atom stereocenters. The fourth-order valence-electron chi connectivity index (χ4n) is 4.15. The Hall–Kier alpha value is -3.33. The van der Waals surface area contributed by atoms with E-state index in [4.69, 9.17) is 4.74 Å². The molecule has 4 rings (SSSR count). The van der Waals surface area contributed by atoms with Gasteiger partial charge in [-0.1, -0.05) is 98.8 Å². The van der Waals surface area contributed by atoms with Gasteiger partial charge in [-0.15, -0.1) is 0 Å². The van der Waals surface area contributed by atoms with E-state index in [2.05, 4.69) is 92.0 Å². The van der Waals surface area contributed by atoms with Crippen LogP contribution < -0.4 is 5.32 Å². The molecule has 0 saturated carbocycles. The van der Waals surface area contributed by atoms with Gasteiger partial charge in [-0.05, 0) is 45.7 Å². The van der Waals surface area contributed by atoms with E-state index in [9.17, 15) is 4.79 Å². The van der Waals surface area contributed by atoms with Gasteiger partial charge >= 0.3 is 6.09 Å². The summed E-state index contributed by atoms with van der Waals surface area (Å²) in [6.45, 7) is 5.29. The molecule has 0 unspecified atom stereocenters. The summed E-state index contributed by atoms with van der Waals surface area (Å²) in [5, 5.41) is 2.86. The van der Waals surface area contributed by atoms with E-state index in [1.54, 1.807) is 0 Å². The number of nitrogens with one attached hydrogen (secondary N) is 1. The highest BCUT2D eigenvalue weighted by Gasteiger charge is 2.28. The fraction of sp³-hybridized carbons (Fsp3) is 0.250. The third kappa shape index (κ3) is 4.88. The van der Waals surface area contributed by atoms with E-state index in [0.717, 1.165) is 6.42 Å². The second-order valence-electron chi connectivity index (χ2n) is 8.27. The molecule has 158 valence electrons. The van der Waals surface area contributed by atoms with Gasteiger partial charge in [0.25, 0.3) is 0 Å². The van der Waals surface area contributed by atoms with Crippen LogP contribution in [0.5, 0.6) is 0 Å². The van der Waals surface area contributed by atoms with Gasteiger partial charge in [-0.25, -0.2) is 4.79 Å². The highest BCUT2D eigenvalue weighted by Crippen LogP contribution is 2.44. The molecule has 3 nitrogen and oxygen atoms in total. The Bertz CT molecular complexity index is 1040. The largest absolute Gasteiger partial charge is 0.449 e. The lowest BCUT2D eigenvalue weighted by Gasteiger charge is -2.14. The van der Waals surface area contributed by atoms with Gasteiger partial charge in [0.1, 0.15) is 6.61 Å². The van der Waals surface area contributed by atoms with E-state index in [-0.39, 0.29) is 12.0 Å². The maximum atomic E-state index is 12.2. The van der Waals surface area contributed by atoms with Crippen LogP contribution in [0.2, 0.25) is 0 Å². The summed E-state index contributed by atoms with van der Waals surface area (Å²) in [6, 6.07) is 25.3. The molecule has 0 aliphatic heterocycles. The van der Waals surface area contributed by atoms with Crippen molar-refractivity contribution in [1.29, 1.82) is 0 Å². The third-order valence-corrected chi connectivity index (χ3v) is 5.81. The van der Waals surface area contributed by atoms with Crippen LogP contribution in [-0.2, 0) is 4.74 Å². The van der Waals surface area contributed by atoms with Crippen molar-refractivity contribution in [2.45, 2.75) is 32.1 Å². The maximum absolute atomic E-state index is 12.2. The Morgan fingerprint density at radius 2 is 1.65 bits per heavy atom. The van der Waals surface area contributed by atoms with E-state index < -0.39 is 0 Å². The molecule has 0 spiro atoms.